The van der Waals surface area contributed by atoms with Gasteiger partial charge in [-0.1, -0.05) is 13.8 Å². The normalized spacial score (nSPS) is 32.5. The monoisotopic (exact) mass is 314 g/mol. The van der Waals surface area contributed by atoms with E-state index < -0.39 is 0 Å². The predicted molar refractivity (Wildman–Crippen MR) is 88.1 cm³/mol. The lowest BCUT2D eigenvalue weighted by atomic mass is 9.89. The maximum absolute atomic E-state index is 6.00. The molecule has 5 heteroatoms. The third-order valence-electron chi connectivity index (χ3n) is 5.31. The number of likely N-dealkylation sites (tertiary alicyclic amines) is 1. The molecule has 22 heavy (non-hydrogen) atoms. The fourth-order valence-electron chi connectivity index (χ4n) is 4.09. The molecule has 0 saturated carbocycles. The van der Waals surface area contributed by atoms with Gasteiger partial charge in [0.25, 0.3) is 0 Å². The summed E-state index contributed by atoms with van der Waals surface area (Å²) in [5.41, 5.74) is 0.140. The van der Waals surface area contributed by atoms with E-state index in [0.717, 1.165) is 39.1 Å². The molecule has 3 atom stereocenters. The smallest absolute Gasteiger partial charge is 0.128 e. The first-order valence-corrected chi connectivity index (χ1v) is 8.85. The highest BCUT2D eigenvalue weighted by molar-refractivity contribution is 5.00. The van der Waals surface area contributed by atoms with Gasteiger partial charge in [0.05, 0.1) is 24.9 Å². The Labute approximate surface area is 135 Å². The average Bonchev–Trinajstić information content (AvgIpc) is 2.91. The highest BCUT2D eigenvalue weighted by Crippen LogP contribution is 2.37. The molecule has 2 aliphatic rings. The Morgan fingerprint density at radius 1 is 1.32 bits per heavy atom. The van der Waals surface area contributed by atoms with Crippen LogP contribution in [0.15, 0.2) is 0 Å². The first kappa shape index (κ1) is 18.1. The van der Waals surface area contributed by atoms with Crippen LogP contribution in [-0.2, 0) is 14.2 Å². The number of ether oxygens (including phenoxy) is 3. The Bertz CT molecular complexity index is 329. The van der Waals surface area contributed by atoms with E-state index in [4.69, 9.17) is 14.2 Å². The van der Waals surface area contributed by atoms with E-state index in [-0.39, 0.29) is 17.9 Å². The van der Waals surface area contributed by atoms with Crippen LogP contribution in [-0.4, -0.2) is 81.3 Å². The highest BCUT2D eigenvalue weighted by Gasteiger charge is 2.47. The fraction of sp³-hybridized carbons (Fsp3) is 1.00. The molecule has 3 unspecified atom stereocenters. The molecule has 2 aliphatic heterocycles. The quantitative estimate of drug-likeness (QED) is 0.640. The van der Waals surface area contributed by atoms with Gasteiger partial charge in [0.15, 0.2) is 0 Å². The third-order valence-corrected chi connectivity index (χ3v) is 5.31. The van der Waals surface area contributed by atoms with Gasteiger partial charge in [0, 0.05) is 26.8 Å². The molecule has 0 aromatic carbocycles. The second-order valence-corrected chi connectivity index (χ2v) is 6.63. The molecule has 2 saturated heterocycles. The maximum Gasteiger partial charge on any atom is 0.128 e. The van der Waals surface area contributed by atoms with Crippen molar-refractivity contribution in [2.24, 2.45) is 0 Å². The molecule has 2 rings (SSSR count). The lowest BCUT2D eigenvalue weighted by molar-refractivity contribution is -0.166. The van der Waals surface area contributed by atoms with Crippen molar-refractivity contribution < 1.29 is 14.2 Å². The molecular weight excluding hydrogens is 280 g/mol. The van der Waals surface area contributed by atoms with Crippen LogP contribution in [0.1, 0.15) is 39.5 Å². The summed E-state index contributed by atoms with van der Waals surface area (Å²) < 4.78 is 17.5. The first-order valence-electron chi connectivity index (χ1n) is 8.85. The Morgan fingerprint density at radius 2 is 2.14 bits per heavy atom. The molecule has 2 heterocycles. The third kappa shape index (κ3) is 3.82. The molecule has 0 aliphatic carbocycles. The van der Waals surface area contributed by atoms with Crippen LogP contribution in [0.4, 0.5) is 0 Å². The topological polar surface area (TPSA) is 34.2 Å². The summed E-state index contributed by atoms with van der Waals surface area (Å²) in [6.07, 6.45) is 4.96. The van der Waals surface area contributed by atoms with Gasteiger partial charge in [-0.15, -0.1) is 0 Å². The highest BCUT2D eigenvalue weighted by atomic mass is 16.5. The zero-order valence-corrected chi connectivity index (χ0v) is 14.8. The van der Waals surface area contributed by atoms with Crippen molar-refractivity contribution in [3.05, 3.63) is 0 Å². The van der Waals surface area contributed by atoms with Crippen LogP contribution >= 0.6 is 0 Å². The van der Waals surface area contributed by atoms with Gasteiger partial charge >= 0.3 is 0 Å². The Hall–Kier alpha value is -0.200. The summed E-state index contributed by atoms with van der Waals surface area (Å²) in [6, 6.07) is 0. The molecule has 2 fully saturated rings. The van der Waals surface area contributed by atoms with Crippen molar-refractivity contribution >= 4 is 0 Å². The number of likely N-dealkylation sites (N-methyl/N-ethyl adjacent to an activating group) is 1. The fourth-order valence-corrected chi connectivity index (χ4v) is 4.09. The molecule has 5 nitrogen and oxygen atoms in total. The largest absolute Gasteiger partial charge is 0.379 e. The number of hydrogen-bond acceptors (Lipinski definition) is 5. The van der Waals surface area contributed by atoms with Crippen LogP contribution in [0.3, 0.4) is 0 Å². The predicted octanol–water partition coefficient (Wildman–Crippen LogP) is 1.96. The standard InChI is InChI=1S/C17H34N2O3/c1-5-11-21-14-15-13-19(10-12-22-15)16(20-4)17(6-2)8-7-9-18(17)3/h15-16H,5-14H2,1-4H3. The van der Waals surface area contributed by atoms with Crippen molar-refractivity contribution in [3.63, 3.8) is 0 Å². The summed E-state index contributed by atoms with van der Waals surface area (Å²) in [5, 5.41) is 0. The number of morpholine rings is 1. The van der Waals surface area contributed by atoms with Crippen LogP contribution in [0.2, 0.25) is 0 Å². The lowest BCUT2D eigenvalue weighted by Crippen LogP contribution is -2.62. The summed E-state index contributed by atoms with van der Waals surface area (Å²) in [5.74, 6) is 0. The second kappa shape index (κ2) is 8.60. The van der Waals surface area contributed by atoms with Gasteiger partial charge in [-0.05, 0) is 39.3 Å². The number of hydrogen-bond donors (Lipinski definition) is 0. The maximum atomic E-state index is 6.00. The molecule has 0 aromatic heterocycles. The zero-order chi connectivity index (χ0) is 16.0. The minimum absolute atomic E-state index is 0.140. The van der Waals surface area contributed by atoms with E-state index in [1.807, 2.05) is 7.11 Å². The van der Waals surface area contributed by atoms with Gasteiger partial charge < -0.3 is 14.2 Å². The van der Waals surface area contributed by atoms with Gasteiger partial charge in [-0.25, -0.2) is 0 Å². The van der Waals surface area contributed by atoms with E-state index in [1.165, 1.54) is 19.4 Å². The van der Waals surface area contributed by atoms with E-state index in [1.54, 1.807) is 0 Å². The first-order chi connectivity index (χ1) is 10.7. The van der Waals surface area contributed by atoms with Crippen LogP contribution in [0.5, 0.6) is 0 Å². The number of rotatable bonds is 8. The van der Waals surface area contributed by atoms with Crippen molar-refractivity contribution in [1.29, 1.82) is 0 Å². The van der Waals surface area contributed by atoms with Crippen LogP contribution in [0.25, 0.3) is 0 Å². The van der Waals surface area contributed by atoms with E-state index in [2.05, 4.69) is 30.7 Å². The summed E-state index contributed by atoms with van der Waals surface area (Å²) in [4.78, 5) is 4.97. The second-order valence-electron chi connectivity index (χ2n) is 6.63. The van der Waals surface area contributed by atoms with Crippen LogP contribution < -0.4 is 0 Å². The van der Waals surface area contributed by atoms with Crippen molar-refractivity contribution in [1.82, 2.24) is 9.80 Å². The number of methoxy groups -OCH3 is 1. The van der Waals surface area contributed by atoms with E-state index in [9.17, 15) is 0 Å². The molecule has 0 N–H and O–H groups in total. The Balaban J connectivity index is 2.00. The minimum Gasteiger partial charge on any atom is -0.379 e. The summed E-state index contributed by atoms with van der Waals surface area (Å²) in [6.45, 7) is 9.71. The van der Waals surface area contributed by atoms with Gasteiger partial charge in [-0.3, -0.25) is 9.80 Å². The van der Waals surface area contributed by atoms with Gasteiger partial charge in [-0.2, -0.15) is 0 Å². The van der Waals surface area contributed by atoms with Crippen molar-refractivity contribution in [2.45, 2.75) is 57.4 Å². The number of nitrogens with zero attached hydrogens (tertiary/aromatic N) is 2. The molecule has 0 amide bonds. The minimum atomic E-state index is 0.140. The Morgan fingerprint density at radius 3 is 2.73 bits per heavy atom. The Kier molecular flexibility index (Phi) is 7.09. The molecular formula is C17H34N2O3. The van der Waals surface area contributed by atoms with E-state index >= 15 is 0 Å². The summed E-state index contributed by atoms with van der Waals surface area (Å²) >= 11 is 0. The van der Waals surface area contributed by atoms with Gasteiger partial charge in [0.1, 0.15) is 6.23 Å². The molecule has 0 spiro atoms. The van der Waals surface area contributed by atoms with E-state index in [0.29, 0.717) is 6.61 Å². The van der Waals surface area contributed by atoms with Crippen LogP contribution in [0, 0.1) is 0 Å². The van der Waals surface area contributed by atoms with Crippen molar-refractivity contribution in [3.8, 4) is 0 Å². The average molecular weight is 314 g/mol. The molecule has 130 valence electrons. The molecule has 0 bridgehead atoms. The SMILES string of the molecule is CCCOCC1CN(C(OC)C2(CC)CCCN2C)CCO1. The van der Waals surface area contributed by atoms with Crippen molar-refractivity contribution in [2.75, 3.05) is 53.6 Å². The lowest BCUT2D eigenvalue weighted by Gasteiger charge is -2.48. The van der Waals surface area contributed by atoms with Gasteiger partial charge in [0.2, 0.25) is 0 Å². The summed E-state index contributed by atoms with van der Waals surface area (Å²) in [7, 11) is 4.09. The zero-order valence-electron chi connectivity index (χ0n) is 14.8. The molecule has 0 aromatic rings. The molecule has 0 radical (unpaired) electrons.